The van der Waals surface area contributed by atoms with Crippen LogP contribution in [-0.4, -0.2) is 14.9 Å². The molecule has 4 rings (SSSR count). The van der Waals surface area contributed by atoms with Crippen LogP contribution in [0.4, 0.5) is 0 Å². The number of halogens is 1. The molecule has 0 N–H and O–H groups in total. The number of carbonyl (C=O) groups is 1. The largest absolute Gasteiger partial charge is 0.336 e. The number of para-hydroxylation sites is 2. The minimum Gasteiger partial charge on any atom is -0.292 e. The van der Waals surface area contributed by atoms with Crippen LogP contribution in [0.15, 0.2) is 92.9 Å². The molecule has 1 aromatic heterocycles. The van der Waals surface area contributed by atoms with Gasteiger partial charge < -0.3 is 0 Å². The van der Waals surface area contributed by atoms with Crippen LogP contribution in [0.1, 0.15) is 10.4 Å². The molecule has 0 radical (unpaired) electrons. The summed E-state index contributed by atoms with van der Waals surface area (Å²) < 4.78 is 3.33. The number of hydrogen-bond donors (Lipinski definition) is 0. The van der Waals surface area contributed by atoms with Gasteiger partial charge in [-0.2, -0.15) is 0 Å². The molecule has 0 aliphatic carbocycles. The van der Waals surface area contributed by atoms with Crippen molar-refractivity contribution in [3.63, 3.8) is 0 Å². The Labute approximate surface area is 168 Å². The highest BCUT2D eigenvalue weighted by Crippen LogP contribution is 2.14. The second-order valence-electron chi connectivity index (χ2n) is 6.29. The summed E-state index contributed by atoms with van der Waals surface area (Å²) in [6.07, 6.45) is 0. The van der Waals surface area contributed by atoms with Gasteiger partial charge in [-0.05, 0) is 36.4 Å². The van der Waals surface area contributed by atoms with Gasteiger partial charge in [0, 0.05) is 10.0 Å². The van der Waals surface area contributed by atoms with Gasteiger partial charge in [0.15, 0.2) is 5.78 Å². The summed E-state index contributed by atoms with van der Waals surface area (Å²) in [5.74, 6) is -0.210. The lowest BCUT2D eigenvalue weighted by Gasteiger charge is -2.14. The number of nitrogens with zero attached hydrogens (tertiary/aromatic N) is 2. The third-order valence-electron chi connectivity index (χ3n) is 4.53. The lowest BCUT2D eigenvalue weighted by atomic mass is 10.1. The summed E-state index contributed by atoms with van der Waals surface area (Å²) in [6, 6.07) is 22.5. The van der Waals surface area contributed by atoms with Crippen molar-refractivity contribution in [1.82, 2.24) is 9.13 Å². The van der Waals surface area contributed by atoms with Crippen molar-refractivity contribution >= 4 is 32.6 Å². The Morgan fingerprint density at radius 3 is 2.18 bits per heavy atom. The van der Waals surface area contributed by atoms with E-state index in [-0.39, 0.29) is 12.3 Å². The molecule has 0 aliphatic rings. The van der Waals surface area contributed by atoms with Crippen molar-refractivity contribution in [2.45, 2.75) is 6.54 Å². The van der Waals surface area contributed by atoms with Crippen LogP contribution >= 0.6 is 15.9 Å². The second-order valence-corrected chi connectivity index (χ2v) is 7.21. The van der Waals surface area contributed by atoms with Crippen LogP contribution in [0.5, 0.6) is 0 Å². The first kappa shape index (κ1) is 18.1. The van der Waals surface area contributed by atoms with Gasteiger partial charge in [-0.1, -0.05) is 58.4 Å². The molecular weight excluding hydrogens is 420 g/mol. The van der Waals surface area contributed by atoms with Crippen molar-refractivity contribution in [3.8, 4) is 5.69 Å². The summed E-state index contributed by atoms with van der Waals surface area (Å²) in [7, 11) is 0. The number of fused-ring (bicyclic) bond motifs is 1. The minimum atomic E-state index is -0.541. The zero-order valence-electron chi connectivity index (χ0n) is 14.7. The summed E-state index contributed by atoms with van der Waals surface area (Å²) in [5.41, 5.74) is 0.458. The van der Waals surface area contributed by atoms with Gasteiger partial charge in [-0.25, -0.2) is 9.36 Å². The highest BCUT2D eigenvalue weighted by atomic mass is 79.9. The first-order valence-corrected chi connectivity index (χ1v) is 9.44. The molecule has 0 bridgehead atoms. The maximum Gasteiger partial charge on any atom is 0.336 e. The molecular formula is C22H15BrN2O3. The maximum absolute atomic E-state index is 13.2. The predicted octanol–water partition coefficient (Wildman–Crippen LogP) is 3.80. The molecule has 5 nitrogen and oxygen atoms in total. The first-order chi connectivity index (χ1) is 13.6. The fourth-order valence-electron chi connectivity index (χ4n) is 3.15. The second kappa shape index (κ2) is 7.40. The minimum absolute atomic E-state index is 0.159. The van der Waals surface area contributed by atoms with Crippen molar-refractivity contribution in [1.29, 1.82) is 0 Å². The van der Waals surface area contributed by atoms with E-state index in [0.717, 1.165) is 9.04 Å². The first-order valence-electron chi connectivity index (χ1n) is 8.65. The lowest BCUT2D eigenvalue weighted by molar-refractivity contribution is 0.0971. The van der Waals surface area contributed by atoms with Crippen molar-refractivity contribution < 1.29 is 4.79 Å². The van der Waals surface area contributed by atoms with Crippen molar-refractivity contribution in [2.24, 2.45) is 0 Å². The fraction of sp³-hybridized carbons (Fsp3) is 0.0455. The molecule has 0 saturated heterocycles. The normalized spacial score (nSPS) is 10.9. The van der Waals surface area contributed by atoms with Crippen molar-refractivity contribution in [2.75, 3.05) is 0 Å². The highest BCUT2D eigenvalue weighted by Gasteiger charge is 2.17. The SMILES string of the molecule is O=C(Cn1c(=O)n(-c2ccccc2)c(=O)c2ccccc21)c1ccc(Br)cc1. The summed E-state index contributed by atoms with van der Waals surface area (Å²) >= 11 is 3.34. The third kappa shape index (κ3) is 3.23. The van der Waals surface area contributed by atoms with Gasteiger partial charge in [0.2, 0.25) is 0 Å². The Kier molecular flexibility index (Phi) is 4.79. The molecule has 138 valence electrons. The summed E-state index contributed by atoms with van der Waals surface area (Å²) in [5, 5.41) is 0.384. The van der Waals surface area contributed by atoms with E-state index in [2.05, 4.69) is 15.9 Å². The van der Waals surface area contributed by atoms with Crippen LogP contribution < -0.4 is 11.2 Å². The molecule has 6 heteroatoms. The van der Waals surface area contributed by atoms with E-state index in [0.29, 0.717) is 22.2 Å². The third-order valence-corrected chi connectivity index (χ3v) is 5.06. The molecule has 1 heterocycles. The quantitative estimate of drug-likeness (QED) is 0.459. The van der Waals surface area contributed by atoms with E-state index in [4.69, 9.17) is 0 Å². The molecule has 28 heavy (non-hydrogen) atoms. The van der Waals surface area contributed by atoms with E-state index in [1.807, 2.05) is 6.07 Å². The smallest absolute Gasteiger partial charge is 0.292 e. The average molecular weight is 435 g/mol. The number of Topliss-reactive ketones (excluding diaryl/α,β-unsaturated/α-hetero) is 1. The standard InChI is InChI=1S/C22H15BrN2O3/c23-16-12-10-15(11-13-16)20(26)14-24-19-9-5-4-8-18(19)21(27)25(22(24)28)17-6-2-1-3-7-17/h1-13H,14H2. The Hall–Kier alpha value is -3.25. The number of aromatic nitrogens is 2. The van der Waals surface area contributed by atoms with Gasteiger partial charge in [0.25, 0.3) is 5.56 Å². The van der Waals surface area contributed by atoms with Gasteiger partial charge in [-0.3, -0.25) is 14.2 Å². The zero-order chi connectivity index (χ0) is 19.7. The van der Waals surface area contributed by atoms with E-state index in [1.54, 1.807) is 72.8 Å². The summed E-state index contributed by atoms with van der Waals surface area (Å²) in [6.45, 7) is -0.159. The molecule has 0 fully saturated rings. The van der Waals surface area contributed by atoms with Crippen LogP contribution in [0.3, 0.4) is 0 Å². The number of benzene rings is 3. The Balaban J connectivity index is 1.93. The molecule has 0 spiro atoms. The van der Waals surface area contributed by atoms with Crippen LogP contribution in [0, 0.1) is 0 Å². The Morgan fingerprint density at radius 1 is 0.821 bits per heavy atom. The Morgan fingerprint density at radius 2 is 1.46 bits per heavy atom. The van der Waals surface area contributed by atoms with Gasteiger partial charge in [0.1, 0.15) is 0 Å². The highest BCUT2D eigenvalue weighted by molar-refractivity contribution is 9.10. The number of hydrogen-bond acceptors (Lipinski definition) is 3. The topological polar surface area (TPSA) is 61.1 Å². The predicted molar refractivity (Wildman–Crippen MR) is 112 cm³/mol. The Bertz CT molecular complexity index is 1290. The molecule has 0 aliphatic heterocycles. The molecule has 0 unspecified atom stereocenters. The molecule has 3 aromatic carbocycles. The molecule has 0 atom stereocenters. The van der Waals surface area contributed by atoms with E-state index >= 15 is 0 Å². The average Bonchev–Trinajstić information content (AvgIpc) is 2.72. The lowest BCUT2D eigenvalue weighted by Crippen LogP contribution is -2.40. The number of carbonyl (C=O) groups excluding carboxylic acids is 1. The van der Waals surface area contributed by atoms with E-state index < -0.39 is 11.2 Å². The summed E-state index contributed by atoms with van der Waals surface area (Å²) in [4.78, 5) is 38.9. The fourth-order valence-corrected chi connectivity index (χ4v) is 3.41. The number of ketones is 1. The molecule has 0 amide bonds. The van der Waals surface area contributed by atoms with Crippen LogP contribution in [0.2, 0.25) is 0 Å². The van der Waals surface area contributed by atoms with E-state index in [1.165, 1.54) is 4.57 Å². The number of rotatable bonds is 4. The van der Waals surface area contributed by atoms with Gasteiger partial charge >= 0.3 is 5.69 Å². The van der Waals surface area contributed by atoms with Gasteiger partial charge in [0.05, 0.1) is 23.1 Å². The maximum atomic E-state index is 13.2. The monoisotopic (exact) mass is 434 g/mol. The molecule has 4 aromatic rings. The van der Waals surface area contributed by atoms with Crippen LogP contribution in [-0.2, 0) is 6.54 Å². The van der Waals surface area contributed by atoms with E-state index in [9.17, 15) is 14.4 Å². The van der Waals surface area contributed by atoms with Crippen LogP contribution in [0.25, 0.3) is 16.6 Å². The molecule has 0 saturated carbocycles. The van der Waals surface area contributed by atoms with Gasteiger partial charge in [-0.15, -0.1) is 0 Å². The van der Waals surface area contributed by atoms with Crippen molar-refractivity contribution in [3.05, 3.63) is 110 Å². The zero-order valence-corrected chi connectivity index (χ0v) is 16.3.